The van der Waals surface area contributed by atoms with Gasteiger partial charge in [-0.25, -0.2) is 12.8 Å². The zero-order valence-electron chi connectivity index (χ0n) is 20.5. The van der Waals surface area contributed by atoms with Crippen molar-refractivity contribution in [2.45, 2.75) is 46.2 Å². The number of rotatable bonds is 12. The lowest BCUT2D eigenvalue weighted by Gasteiger charge is -2.29. The summed E-state index contributed by atoms with van der Waals surface area (Å²) < 4.78 is 40.2. The van der Waals surface area contributed by atoms with Crippen LogP contribution in [0.3, 0.4) is 0 Å². The molecule has 1 atom stereocenters. The highest BCUT2D eigenvalue weighted by molar-refractivity contribution is 7.92. The molecular weight excluding hydrogens is 493 g/mol. The third kappa shape index (κ3) is 8.81. The minimum Gasteiger partial charge on any atom is -0.354 e. The normalized spacial score (nSPS) is 12.3. The molecule has 0 saturated heterocycles. The fraction of sp³-hybridized carbons (Fsp3) is 0.440. The van der Waals surface area contributed by atoms with Crippen molar-refractivity contribution in [2.24, 2.45) is 5.92 Å². The average Bonchev–Trinajstić information content (AvgIpc) is 2.79. The summed E-state index contributed by atoms with van der Waals surface area (Å²) in [6.45, 7) is 5.96. The molecule has 2 rings (SSSR count). The fourth-order valence-electron chi connectivity index (χ4n) is 3.46. The molecule has 2 aromatic rings. The number of carbonyl (C=O) groups is 2. The van der Waals surface area contributed by atoms with Gasteiger partial charge in [0.25, 0.3) is 0 Å². The molecule has 0 aliphatic carbocycles. The number of carbonyl (C=O) groups excluding carboxylic acids is 2. The van der Waals surface area contributed by atoms with Gasteiger partial charge in [0.15, 0.2) is 0 Å². The number of nitrogens with one attached hydrogen (secondary N) is 1. The van der Waals surface area contributed by atoms with E-state index in [9.17, 15) is 22.4 Å². The van der Waals surface area contributed by atoms with E-state index in [1.54, 1.807) is 49.4 Å². The summed E-state index contributed by atoms with van der Waals surface area (Å²) in [4.78, 5) is 27.2. The highest BCUT2D eigenvalue weighted by Crippen LogP contribution is 2.21. The van der Waals surface area contributed by atoms with E-state index < -0.39 is 21.9 Å². The summed E-state index contributed by atoms with van der Waals surface area (Å²) in [6.07, 6.45) is 1.29. The number of benzene rings is 2. The zero-order chi connectivity index (χ0) is 26.2. The van der Waals surface area contributed by atoms with E-state index in [4.69, 9.17) is 11.6 Å². The highest BCUT2D eigenvalue weighted by atomic mass is 35.5. The van der Waals surface area contributed by atoms with Gasteiger partial charge in [-0.15, -0.1) is 0 Å². The first-order chi connectivity index (χ1) is 16.4. The zero-order valence-corrected chi connectivity index (χ0v) is 22.1. The van der Waals surface area contributed by atoms with Gasteiger partial charge in [-0.3, -0.25) is 13.9 Å². The summed E-state index contributed by atoms with van der Waals surface area (Å²) in [7, 11) is -3.60. The molecule has 35 heavy (non-hydrogen) atoms. The van der Waals surface area contributed by atoms with Gasteiger partial charge in [-0.2, -0.15) is 0 Å². The summed E-state index contributed by atoms with van der Waals surface area (Å²) in [5, 5.41) is 3.29. The molecule has 0 fully saturated rings. The molecule has 0 radical (unpaired) electrons. The summed E-state index contributed by atoms with van der Waals surface area (Å²) >= 11 is 5.91. The predicted octanol–water partition coefficient (Wildman–Crippen LogP) is 4.21. The van der Waals surface area contributed by atoms with Crippen LogP contribution in [0.1, 0.15) is 39.2 Å². The third-order valence-corrected chi connectivity index (χ3v) is 6.86. The maximum atomic E-state index is 14.3. The van der Waals surface area contributed by atoms with Crippen molar-refractivity contribution >= 4 is 39.1 Å². The van der Waals surface area contributed by atoms with Crippen LogP contribution in [0.25, 0.3) is 0 Å². The van der Waals surface area contributed by atoms with Crippen LogP contribution >= 0.6 is 11.6 Å². The Labute approximate surface area is 212 Å². The second-order valence-electron chi connectivity index (χ2n) is 8.84. The lowest BCUT2D eigenvalue weighted by Crippen LogP contribution is -2.48. The first-order valence-electron chi connectivity index (χ1n) is 11.4. The Bertz CT molecular complexity index is 1110. The largest absolute Gasteiger partial charge is 0.354 e. The standard InChI is InChI=1S/C25H33ClFN3O4S/c1-18(2)16-28-25(32)19(3)29(17-20-8-5-6-9-23(20)27)24(31)10-7-15-30(35(4,33)34)22-13-11-21(26)12-14-22/h5-6,8-9,11-14,18-19H,7,10,15-17H2,1-4H3,(H,28,32). The van der Waals surface area contributed by atoms with Crippen molar-refractivity contribution in [3.05, 3.63) is 64.9 Å². The van der Waals surface area contributed by atoms with Gasteiger partial charge in [-0.05, 0) is 49.6 Å². The summed E-state index contributed by atoms with van der Waals surface area (Å²) in [5.74, 6) is -0.935. The van der Waals surface area contributed by atoms with Crippen LogP contribution in [-0.2, 0) is 26.2 Å². The number of halogens is 2. The SMILES string of the molecule is CC(C)CNC(=O)C(C)N(Cc1ccccc1F)C(=O)CCCN(c1ccc(Cl)cc1)S(C)(=O)=O. The molecule has 0 aromatic heterocycles. The maximum Gasteiger partial charge on any atom is 0.242 e. The van der Waals surface area contributed by atoms with Crippen molar-refractivity contribution < 1.29 is 22.4 Å². The van der Waals surface area contributed by atoms with Crippen molar-refractivity contribution in [2.75, 3.05) is 23.7 Å². The van der Waals surface area contributed by atoms with Crippen molar-refractivity contribution in [1.29, 1.82) is 0 Å². The van der Waals surface area contributed by atoms with E-state index in [1.807, 2.05) is 13.8 Å². The van der Waals surface area contributed by atoms with Gasteiger partial charge in [0.2, 0.25) is 21.8 Å². The lowest BCUT2D eigenvalue weighted by molar-refractivity contribution is -0.140. The van der Waals surface area contributed by atoms with E-state index in [1.165, 1.54) is 15.3 Å². The molecule has 7 nitrogen and oxygen atoms in total. The van der Waals surface area contributed by atoms with Crippen LogP contribution in [0.15, 0.2) is 48.5 Å². The van der Waals surface area contributed by atoms with E-state index >= 15 is 0 Å². The Morgan fingerprint density at radius 2 is 1.69 bits per heavy atom. The molecule has 0 bridgehead atoms. The Morgan fingerprint density at radius 1 is 1.06 bits per heavy atom. The summed E-state index contributed by atoms with van der Waals surface area (Å²) in [6, 6.07) is 11.6. The molecule has 2 aromatic carbocycles. The Balaban J connectivity index is 2.16. The quantitative estimate of drug-likeness (QED) is 0.449. The number of sulfonamides is 1. The fourth-order valence-corrected chi connectivity index (χ4v) is 4.55. The summed E-state index contributed by atoms with van der Waals surface area (Å²) in [5.41, 5.74) is 0.734. The first-order valence-corrected chi connectivity index (χ1v) is 13.7. The van der Waals surface area contributed by atoms with E-state index in [0.29, 0.717) is 22.8 Å². The second-order valence-corrected chi connectivity index (χ2v) is 11.2. The molecule has 0 saturated carbocycles. The molecular formula is C25H33ClFN3O4S. The maximum absolute atomic E-state index is 14.3. The van der Waals surface area contributed by atoms with Gasteiger partial charge in [-0.1, -0.05) is 43.6 Å². The van der Waals surface area contributed by atoms with Crippen LogP contribution < -0.4 is 9.62 Å². The van der Waals surface area contributed by atoms with Gasteiger partial charge < -0.3 is 10.2 Å². The predicted molar refractivity (Wildman–Crippen MR) is 137 cm³/mol. The number of hydrogen-bond acceptors (Lipinski definition) is 4. The van der Waals surface area contributed by atoms with E-state index in [0.717, 1.165) is 6.26 Å². The number of hydrogen-bond donors (Lipinski definition) is 1. The van der Waals surface area contributed by atoms with Gasteiger partial charge in [0.1, 0.15) is 11.9 Å². The Morgan fingerprint density at radius 3 is 2.26 bits per heavy atom. The van der Waals surface area contributed by atoms with Crippen molar-refractivity contribution in [1.82, 2.24) is 10.2 Å². The molecule has 0 spiro atoms. The molecule has 10 heteroatoms. The highest BCUT2D eigenvalue weighted by Gasteiger charge is 2.27. The monoisotopic (exact) mass is 525 g/mol. The van der Waals surface area contributed by atoms with Gasteiger partial charge >= 0.3 is 0 Å². The van der Waals surface area contributed by atoms with Crippen molar-refractivity contribution in [3.8, 4) is 0 Å². The van der Waals surface area contributed by atoms with Gasteiger partial charge in [0.05, 0.1) is 11.9 Å². The molecule has 1 N–H and O–H groups in total. The molecule has 2 amide bonds. The van der Waals surface area contributed by atoms with E-state index in [2.05, 4.69) is 5.32 Å². The molecule has 0 aliphatic rings. The second kappa shape index (κ2) is 12.9. The number of anilines is 1. The first kappa shape index (κ1) is 28.6. The number of amides is 2. The van der Waals surface area contributed by atoms with Crippen molar-refractivity contribution in [3.63, 3.8) is 0 Å². The van der Waals surface area contributed by atoms with Gasteiger partial charge in [0, 0.05) is 36.6 Å². The van der Waals surface area contributed by atoms with Crippen LogP contribution in [0.4, 0.5) is 10.1 Å². The topological polar surface area (TPSA) is 86.8 Å². The minimum atomic E-state index is -3.60. The lowest BCUT2D eigenvalue weighted by atomic mass is 10.1. The molecule has 192 valence electrons. The Kier molecular flexibility index (Phi) is 10.5. The van der Waals surface area contributed by atoms with Crippen LogP contribution in [-0.4, -0.2) is 50.5 Å². The third-order valence-electron chi connectivity index (χ3n) is 5.42. The molecule has 0 aliphatic heterocycles. The van der Waals surface area contributed by atoms with E-state index in [-0.39, 0.29) is 43.7 Å². The molecule has 1 unspecified atom stereocenters. The Hall–Kier alpha value is -2.65. The van der Waals surface area contributed by atoms with Crippen LogP contribution in [0.5, 0.6) is 0 Å². The minimum absolute atomic E-state index is 0.0180. The average molecular weight is 526 g/mol. The van der Waals surface area contributed by atoms with Crippen LogP contribution in [0.2, 0.25) is 5.02 Å². The number of nitrogens with zero attached hydrogens (tertiary/aromatic N) is 2. The molecule has 0 heterocycles. The van der Waals surface area contributed by atoms with Crippen LogP contribution in [0, 0.1) is 11.7 Å². The smallest absolute Gasteiger partial charge is 0.242 e.